The first-order valence-electron chi connectivity index (χ1n) is 9.83. The standard InChI is InChI=1S/C19H33N5O.HI/c1-2-23-12-6-8-16(23)14-21-19(20)22-15-17(18-9-7-13-25-18)24-10-4-3-5-11-24;/h7,9,13,16-17H,2-6,8,10-12,14-15H2,1H3,(H3,20,21,22);1H. The molecule has 0 saturated carbocycles. The van der Waals surface area contributed by atoms with Gasteiger partial charge in [-0.3, -0.25) is 14.8 Å². The van der Waals surface area contributed by atoms with Crippen molar-refractivity contribution in [3.05, 3.63) is 24.2 Å². The van der Waals surface area contributed by atoms with E-state index in [1.54, 1.807) is 6.26 Å². The highest BCUT2D eigenvalue weighted by Crippen LogP contribution is 2.25. The SMILES string of the molecule is CCN1CCCC1CNC(N)=NCC(c1ccco1)N1CCCCC1.I. The van der Waals surface area contributed by atoms with Crippen molar-refractivity contribution in [2.75, 3.05) is 39.3 Å². The molecule has 0 spiro atoms. The quantitative estimate of drug-likeness (QED) is 0.361. The van der Waals surface area contributed by atoms with E-state index in [0.29, 0.717) is 18.5 Å². The summed E-state index contributed by atoms with van der Waals surface area (Å²) < 4.78 is 5.67. The average molecular weight is 475 g/mol. The zero-order valence-electron chi connectivity index (χ0n) is 15.9. The van der Waals surface area contributed by atoms with Gasteiger partial charge in [0.15, 0.2) is 5.96 Å². The lowest BCUT2D eigenvalue weighted by Crippen LogP contribution is -2.43. The molecule has 1 aromatic heterocycles. The lowest BCUT2D eigenvalue weighted by Gasteiger charge is -2.32. The maximum atomic E-state index is 6.14. The van der Waals surface area contributed by atoms with Crippen molar-refractivity contribution in [1.82, 2.24) is 15.1 Å². The summed E-state index contributed by atoms with van der Waals surface area (Å²) in [5.74, 6) is 1.54. The van der Waals surface area contributed by atoms with Gasteiger partial charge in [0, 0.05) is 12.6 Å². The van der Waals surface area contributed by atoms with Crippen molar-refractivity contribution in [3.8, 4) is 0 Å². The van der Waals surface area contributed by atoms with Gasteiger partial charge in [0.2, 0.25) is 0 Å². The predicted molar refractivity (Wildman–Crippen MR) is 117 cm³/mol. The van der Waals surface area contributed by atoms with Crippen LogP contribution in [0.15, 0.2) is 27.8 Å². The highest BCUT2D eigenvalue weighted by molar-refractivity contribution is 14.0. The highest BCUT2D eigenvalue weighted by atomic mass is 127. The van der Waals surface area contributed by atoms with Gasteiger partial charge in [0.05, 0.1) is 18.8 Å². The van der Waals surface area contributed by atoms with Crippen molar-refractivity contribution in [2.24, 2.45) is 10.7 Å². The maximum Gasteiger partial charge on any atom is 0.188 e. The first-order valence-corrected chi connectivity index (χ1v) is 9.83. The molecule has 0 aromatic carbocycles. The molecule has 2 fully saturated rings. The van der Waals surface area contributed by atoms with Gasteiger partial charge < -0.3 is 15.5 Å². The summed E-state index contributed by atoms with van der Waals surface area (Å²) in [5.41, 5.74) is 6.14. The van der Waals surface area contributed by atoms with Crippen LogP contribution in [0.2, 0.25) is 0 Å². The van der Waals surface area contributed by atoms with Gasteiger partial charge in [-0.05, 0) is 64.0 Å². The number of nitrogens with zero attached hydrogens (tertiary/aromatic N) is 3. The van der Waals surface area contributed by atoms with Crippen LogP contribution in [0.3, 0.4) is 0 Å². The van der Waals surface area contributed by atoms with E-state index in [4.69, 9.17) is 10.2 Å². The fourth-order valence-electron chi connectivity index (χ4n) is 4.10. The Morgan fingerprint density at radius 3 is 2.81 bits per heavy atom. The molecule has 26 heavy (non-hydrogen) atoms. The maximum absolute atomic E-state index is 6.14. The summed E-state index contributed by atoms with van der Waals surface area (Å²) in [6.45, 7) is 8.30. The molecular formula is C19H34IN5O. The number of piperidine rings is 1. The lowest BCUT2D eigenvalue weighted by atomic mass is 10.1. The van der Waals surface area contributed by atoms with Gasteiger partial charge >= 0.3 is 0 Å². The molecule has 0 amide bonds. The fraction of sp³-hybridized carbons (Fsp3) is 0.737. The number of likely N-dealkylation sites (tertiary alicyclic amines) is 2. The number of hydrogen-bond acceptors (Lipinski definition) is 4. The number of aliphatic imine (C=N–C) groups is 1. The van der Waals surface area contributed by atoms with Gasteiger partial charge in [-0.2, -0.15) is 0 Å². The van der Waals surface area contributed by atoms with Crippen LogP contribution < -0.4 is 11.1 Å². The Bertz CT molecular complexity index is 530. The van der Waals surface area contributed by atoms with E-state index < -0.39 is 0 Å². The minimum Gasteiger partial charge on any atom is -0.468 e. The molecule has 2 aliphatic rings. The molecule has 2 saturated heterocycles. The third-order valence-corrected chi connectivity index (χ3v) is 5.56. The van der Waals surface area contributed by atoms with Crippen molar-refractivity contribution in [1.29, 1.82) is 0 Å². The van der Waals surface area contributed by atoms with Crippen LogP contribution in [0, 0.1) is 0 Å². The van der Waals surface area contributed by atoms with Crippen molar-refractivity contribution < 1.29 is 4.42 Å². The number of nitrogens with two attached hydrogens (primary N) is 1. The van der Waals surface area contributed by atoms with Crippen LogP contribution in [0.25, 0.3) is 0 Å². The molecule has 0 radical (unpaired) electrons. The Balaban J connectivity index is 0.00000243. The second kappa shape index (κ2) is 11.1. The Labute approximate surface area is 174 Å². The molecular weight excluding hydrogens is 441 g/mol. The first kappa shape index (κ1) is 21.5. The third-order valence-electron chi connectivity index (χ3n) is 5.56. The summed E-state index contributed by atoms with van der Waals surface area (Å²) in [6, 6.07) is 4.78. The zero-order chi connectivity index (χ0) is 17.5. The molecule has 2 unspecified atom stereocenters. The molecule has 0 aliphatic carbocycles. The van der Waals surface area contributed by atoms with Crippen LogP contribution in [-0.2, 0) is 0 Å². The summed E-state index contributed by atoms with van der Waals surface area (Å²) in [5, 5.41) is 3.33. The highest BCUT2D eigenvalue weighted by Gasteiger charge is 2.25. The Morgan fingerprint density at radius 1 is 1.31 bits per heavy atom. The normalized spacial score (nSPS) is 23.6. The summed E-state index contributed by atoms with van der Waals surface area (Å²) in [6.07, 6.45) is 8.11. The topological polar surface area (TPSA) is 70.0 Å². The van der Waals surface area contributed by atoms with Gasteiger partial charge in [0.25, 0.3) is 0 Å². The van der Waals surface area contributed by atoms with E-state index in [1.165, 1.54) is 38.6 Å². The molecule has 2 atom stereocenters. The molecule has 6 nitrogen and oxygen atoms in total. The molecule has 2 aliphatic heterocycles. The minimum atomic E-state index is 0. The molecule has 148 valence electrons. The molecule has 3 heterocycles. The molecule has 0 bridgehead atoms. The molecule has 1 aromatic rings. The number of nitrogens with one attached hydrogen (secondary N) is 1. The van der Waals surface area contributed by atoms with Gasteiger partial charge in [0.1, 0.15) is 5.76 Å². The molecule has 3 N–H and O–H groups in total. The zero-order valence-corrected chi connectivity index (χ0v) is 18.2. The number of rotatable bonds is 7. The third kappa shape index (κ3) is 5.85. The number of likely N-dealkylation sites (N-methyl/N-ethyl adjacent to an activating group) is 1. The predicted octanol–water partition coefficient (Wildman–Crippen LogP) is 2.81. The Kier molecular flexibility index (Phi) is 9.21. The smallest absolute Gasteiger partial charge is 0.188 e. The van der Waals surface area contributed by atoms with Crippen LogP contribution in [0.5, 0.6) is 0 Å². The van der Waals surface area contributed by atoms with Gasteiger partial charge in [-0.1, -0.05) is 13.3 Å². The number of halogens is 1. The number of hydrogen-bond donors (Lipinski definition) is 2. The average Bonchev–Trinajstić information content (AvgIpc) is 3.32. The van der Waals surface area contributed by atoms with Gasteiger partial charge in [-0.25, -0.2) is 0 Å². The second-order valence-electron chi connectivity index (χ2n) is 7.16. The summed E-state index contributed by atoms with van der Waals surface area (Å²) >= 11 is 0. The van der Waals surface area contributed by atoms with E-state index in [1.807, 2.05) is 6.07 Å². The molecule has 3 rings (SSSR count). The van der Waals surface area contributed by atoms with Crippen molar-refractivity contribution >= 4 is 29.9 Å². The van der Waals surface area contributed by atoms with Crippen LogP contribution in [0.1, 0.15) is 50.8 Å². The van der Waals surface area contributed by atoms with E-state index >= 15 is 0 Å². The lowest BCUT2D eigenvalue weighted by molar-refractivity contribution is 0.150. The minimum absolute atomic E-state index is 0. The summed E-state index contributed by atoms with van der Waals surface area (Å²) in [4.78, 5) is 9.63. The van der Waals surface area contributed by atoms with Crippen LogP contribution >= 0.6 is 24.0 Å². The van der Waals surface area contributed by atoms with Crippen molar-refractivity contribution in [3.63, 3.8) is 0 Å². The van der Waals surface area contributed by atoms with E-state index in [-0.39, 0.29) is 30.0 Å². The van der Waals surface area contributed by atoms with E-state index in [2.05, 4.69) is 33.1 Å². The summed E-state index contributed by atoms with van der Waals surface area (Å²) in [7, 11) is 0. The van der Waals surface area contributed by atoms with Crippen LogP contribution in [0.4, 0.5) is 0 Å². The largest absolute Gasteiger partial charge is 0.468 e. The van der Waals surface area contributed by atoms with Crippen molar-refractivity contribution in [2.45, 2.75) is 51.1 Å². The van der Waals surface area contributed by atoms with E-state index in [0.717, 1.165) is 31.9 Å². The first-order chi connectivity index (χ1) is 12.3. The monoisotopic (exact) mass is 475 g/mol. The van der Waals surface area contributed by atoms with E-state index in [9.17, 15) is 0 Å². The molecule has 7 heteroatoms. The fourth-order valence-corrected chi connectivity index (χ4v) is 4.10. The van der Waals surface area contributed by atoms with Crippen LogP contribution in [-0.4, -0.2) is 61.1 Å². The second-order valence-corrected chi connectivity index (χ2v) is 7.16. The Morgan fingerprint density at radius 2 is 2.12 bits per heavy atom. The number of furan rings is 1. The number of guanidine groups is 1. The van der Waals surface area contributed by atoms with Gasteiger partial charge in [-0.15, -0.1) is 24.0 Å². The Hall–Kier alpha value is -0.800.